The van der Waals surface area contributed by atoms with E-state index in [0.29, 0.717) is 5.02 Å². The van der Waals surface area contributed by atoms with Crippen LogP contribution < -0.4 is 0 Å². The predicted molar refractivity (Wildman–Crippen MR) is 106 cm³/mol. The van der Waals surface area contributed by atoms with E-state index < -0.39 is 21.7 Å². The van der Waals surface area contributed by atoms with E-state index in [2.05, 4.69) is 20.1 Å². The third-order valence-corrected chi connectivity index (χ3v) is 6.73. The molecule has 0 amide bonds. The van der Waals surface area contributed by atoms with Crippen LogP contribution in [-0.2, 0) is 30.1 Å². The molecule has 0 atom stereocenters. The number of alkyl halides is 3. The van der Waals surface area contributed by atoms with E-state index >= 15 is 0 Å². The Morgan fingerprint density at radius 2 is 1.84 bits per heavy atom. The lowest BCUT2D eigenvalue weighted by Gasteiger charge is -2.07. The molecule has 0 N–H and O–H groups in total. The van der Waals surface area contributed by atoms with Crippen LogP contribution >= 0.6 is 11.6 Å². The SMILES string of the molecule is CCS(=O)(=O)c1c(-c2nc3cc(C(F)(F)F)ncc3n2C)nc(-n2cc(Cl)cn2)n1C. The van der Waals surface area contributed by atoms with Crippen LogP contribution in [0.1, 0.15) is 12.6 Å². The number of sulfone groups is 1. The van der Waals surface area contributed by atoms with E-state index in [-0.39, 0.29) is 39.3 Å². The highest BCUT2D eigenvalue weighted by molar-refractivity contribution is 7.91. The summed E-state index contributed by atoms with van der Waals surface area (Å²) in [5, 5.41) is 4.23. The van der Waals surface area contributed by atoms with Gasteiger partial charge in [-0.3, -0.25) is 0 Å². The highest BCUT2D eigenvalue weighted by Gasteiger charge is 2.34. The molecule has 0 radical (unpaired) electrons. The van der Waals surface area contributed by atoms with Gasteiger partial charge in [-0.2, -0.15) is 18.3 Å². The van der Waals surface area contributed by atoms with Gasteiger partial charge in [-0.05, 0) is 6.07 Å². The molecule has 4 heterocycles. The second-order valence-corrected chi connectivity index (χ2v) is 9.31. The lowest BCUT2D eigenvalue weighted by molar-refractivity contribution is -0.141. The minimum atomic E-state index is -4.64. The minimum Gasteiger partial charge on any atom is -0.324 e. The molecular formula is C17H15ClF3N7O2S. The van der Waals surface area contributed by atoms with Crippen molar-refractivity contribution in [3.63, 3.8) is 0 Å². The summed E-state index contributed by atoms with van der Waals surface area (Å²) in [6.07, 6.45) is -0.784. The zero-order chi connectivity index (χ0) is 22.7. The zero-order valence-corrected chi connectivity index (χ0v) is 18.0. The number of hydrogen-bond donors (Lipinski definition) is 0. The number of fused-ring (bicyclic) bond motifs is 1. The molecule has 0 unspecified atom stereocenters. The molecule has 0 aliphatic heterocycles. The Labute approximate surface area is 179 Å². The largest absolute Gasteiger partial charge is 0.433 e. The highest BCUT2D eigenvalue weighted by atomic mass is 35.5. The minimum absolute atomic E-state index is 0.00834. The Bertz CT molecular complexity index is 1420. The molecule has 0 spiro atoms. The average Bonchev–Trinajstić information content (AvgIpc) is 3.36. The number of halogens is 4. The maximum atomic E-state index is 13.0. The first-order valence-corrected chi connectivity index (χ1v) is 10.9. The summed E-state index contributed by atoms with van der Waals surface area (Å²) >= 11 is 5.92. The van der Waals surface area contributed by atoms with Crippen LogP contribution in [0.25, 0.3) is 28.5 Å². The standard InChI is InChI=1S/C17H15ClF3N7O2S/c1-4-31(29,30)15-13(25-16(27(15)3)28-8-9(18)6-23-28)14-24-10-5-12(17(19,20)21)22-7-11(10)26(14)2/h5-8H,4H2,1-3H3. The average molecular weight is 474 g/mol. The van der Waals surface area contributed by atoms with Crippen LogP contribution in [-0.4, -0.2) is 48.0 Å². The van der Waals surface area contributed by atoms with Crippen molar-refractivity contribution in [3.8, 4) is 17.5 Å². The molecular weight excluding hydrogens is 459 g/mol. The van der Waals surface area contributed by atoms with Crippen molar-refractivity contribution in [3.05, 3.63) is 35.4 Å². The number of imidazole rings is 2. The summed E-state index contributed by atoms with van der Waals surface area (Å²) < 4.78 is 68.9. The van der Waals surface area contributed by atoms with Crippen molar-refractivity contribution < 1.29 is 21.6 Å². The summed E-state index contributed by atoms with van der Waals surface area (Å²) in [7, 11) is -0.758. The van der Waals surface area contributed by atoms with Gasteiger partial charge in [0.15, 0.2) is 20.7 Å². The molecule has 14 heteroatoms. The number of pyridine rings is 1. The highest BCUT2D eigenvalue weighted by Crippen LogP contribution is 2.33. The monoisotopic (exact) mass is 473 g/mol. The van der Waals surface area contributed by atoms with Crippen molar-refractivity contribution >= 4 is 32.5 Å². The molecule has 0 saturated carbocycles. The van der Waals surface area contributed by atoms with Crippen molar-refractivity contribution in [2.75, 3.05) is 5.75 Å². The number of hydrogen-bond acceptors (Lipinski definition) is 6. The molecule has 0 saturated heterocycles. The van der Waals surface area contributed by atoms with Crippen LogP contribution in [0.4, 0.5) is 13.2 Å². The van der Waals surface area contributed by atoms with Crippen LogP contribution in [0, 0.1) is 0 Å². The van der Waals surface area contributed by atoms with Gasteiger partial charge in [0.1, 0.15) is 11.4 Å². The fraction of sp³-hybridized carbons (Fsp3) is 0.294. The van der Waals surface area contributed by atoms with Gasteiger partial charge in [-0.25, -0.2) is 28.1 Å². The van der Waals surface area contributed by atoms with Gasteiger partial charge in [0.05, 0.1) is 40.4 Å². The maximum absolute atomic E-state index is 13.0. The van der Waals surface area contributed by atoms with Gasteiger partial charge < -0.3 is 9.13 Å². The molecule has 4 aromatic rings. The summed E-state index contributed by atoms with van der Waals surface area (Å²) in [6, 6.07) is 0.809. The van der Waals surface area contributed by atoms with Crippen molar-refractivity contribution in [1.29, 1.82) is 0 Å². The fourth-order valence-electron chi connectivity index (χ4n) is 3.18. The molecule has 0 bridgehead atoms. The Hall–Kier alpha value is -2.93. The molecule has 0 aliphatic carbocycles. The van der Waals surface area contributed by atoms with Gasteiger partial charge in [-0.15, -0.1) is 0 Å². The Balaban J connectivity index is 2.01. The number of aryl methyl sites for hydroxylation is 1. The topological polar surface area (TPSA) is 100 Å². The number of nitrogens with zero attached hydrogens (tertiary/aromatic N) is 7. The summed E-state index contributed by atoms with van der Waals surface area (Å²) in [5.41, 5.74) is -0.816. The number of rotatable bonds is 4. The van der Waals surface area contributed by atoms with Gasteiger partial charge in [0.25, 0.3) is 0 Å². The summed E-state index contributed by atoms with van der Waals surface area (Å²) in [5.74, 6) is 0.000999. The molecule has 0 aliphatic rings. The van der Waals surface area contributed by atoms with Crippen molar-refractivity contribution in [2.45, 2.75) is 18.1 Å². The van der Waals surface area contributed by atoms with Crippen LogP contribution in [0.2, 0.25) is 5.02 Å². The van der Waals surface area contributed by atoms with E-state index in [1.807, 2.05) is 0 Å². The first-order chi connectivity index (χ1) is 14.4. The molecule has 0 fully saturated rings. The normalized spacial score (nSPS) is 12.7. The fourth-order valence-corrected chi connectivity index (χ4v) is 4.52. The van der Waals surface area contributed by atoms with E-state index in [4.69, 9.17) is 11.6 Å². The Kier molecular flexibility index (Phi) is 4.85. The van der Waals surface area contributed by atoms with Crippen molar-refractivity contribution in [2.24, 2.45) is 14.1 Å². The van der Waals surface area contributed by atoms with Crippen LogP contribution in [0.5, 0.6) is 0 Å². The first kappa shape index (κ1) is 21.3. The first-order valence-electron chi connectivity index (χ1n) is 8.84. The quantitative estimate of drug-likeness (QED) is 0.451. The van der Waals surface area contributed by atoms with Gasteiger partial charge >= 0.3 is 6.18 Å². The molecule has 4 rings (SSSR count). The van der Waals surface area contributed by atoms with Gasteiger partial charge in [0.2, 0.25) is 5.95 Å². The van der Waals surface area contributed by atoms with Crippen molar-refractivity contribution in [1.82, 2.24) is 33.9 Å². The van der Waals surface area contributed by atoms with Crippen LogP contribution in [0.3, 0.4) is 0 Å². The van der Waals surface area contributed by atoms with E-state index in [9.17, 15) is 21.6 Å². The lowest BCUT2D eigenvalue weighted by Crippen LogP contribution is -2.13. The van der Waals surface area contributed by atoms with E-state index in [0.717, 1.165) is 12.3 Å². The van der Waals surface area contributed by atoms with Crippen LogP contribution in [0.15, 0.2) is 29.7 Å². The second kappa shape index (κ2) is 7.05. The van der Waals surface area contributed by atoms with Gasteiger partial charge in [0, 0.05) is 14.1 Å². The molecule has 0 aromatic carbocycles. The molecule has 9 nitrogen and oxygen atoms in total. The molecule has 164 valence electrons. The van der Waals surface area contributed by atoms with E-state index in [1.165, 1.54) is 40.2 Å². The maximum Gasteiger partial charge on any atom is 0.433 e. The Morgan fingerprint density at radius 3 is 2.42 bits per heavy atom. The molecule has 4 aromatic heterocycles. The Morgan fingerprint density at radius 1 is 1.13 bits per heavy atom. The predicted octanol–water partition coefficient (Wildman–Crippen LogP) is 3.02. The smallest absolute Gasteiger partial charge is 0.324 e. The summed E-state index contributed by atoms with van der Waals surface area (Å²) in [6.45, 7) is 1.48. The van der Waals surface area contributed by atoms with E-state index in [1.54, 1.807) is 7.05 Å². The third kappa shape index (κ3) is 3.47. The second-order valence-electron chi connectivity index (χ2n) is 6.68. The number of aromatic nitrogens is 7. The molecule has 31 heavy (non-hydrogen) atoms. The zero-order valence-electron chi connectivity index (χ0n) is 16.4. The lowest BCUT2D eigenvalue weighted by atomic mass is 10.3. The van der Waals surface area contributed by atoms with Gasteiger partial charge in [-0.1, -0.05) is 18.5 Å². The summed E-state index contributed by atoms with van der Waals surface area (Å²) in [4.78, 5) is 12.1. The third-order valence-electron chi connectivity index (χ3n) is 4.72.